The third-order valence-electron chi connectivity index (χ3n) is 6.79. The predicted octanol–water partition coefficient (Wildman–Crippen LogP) is 5.20. The summed E-state index contributed by atoms with van der Waals surface area (Å²) >= 11 is 0. The minimum absolute atomic E-state index is 0.0283. The lowest BCUT2D eigenvalue weighted by molar-refractivity contribution is 0.0589. The van der Waals surface area contributed by atoms with Crippen LogP contribution in [0.1, 0.15) is 60.0 Å². The number of aromatic amines is 1. The van der Waals surface area contributed by atoms with Gasteiger partial charge in [-0.2, -0.15) is 0 Å². The maximum absolute atomic E-state index is 12.7. The topological polar surface area (TPSA) is 102 Å². The molecule has 3 rings (SSSR count). The van der Waals surface area contributed by atoms with Crippen LogP contribution < -0.4 is 5.56 Å². The lowest BCUT2D eigenvalue weighted by Gasteiger charge is -2.38. The Hall–Kier alpha value is -3.23. The van der Waals surface area contributed by atoms with E-state index in [1.807, 2.05) is 60.7 Å². The van der Waals surface area contributed by atoms with E-state index in [1.165, 1.54) is 7.11 Å². The zero-order valence-electron chi connectivity index (χ0n) is 21.2. The van der Waals surface area contributed by atoms with Crippen molar-refractivity contribution in [3.05, 3.63) is 93.7 Å². The van der Waals surface area contributed by atoms with Crippen molar-refractivity contribution in [1.29, 1.82) is 0 Å². The van der Waals surface area contributed by atoms with Crippen molar-refractivity contribution in [2.75, 3.05) is 13.7 Å². The van der Waals surface area contributed by atoms with Crippen molar-refractivity contribution in [3.63, 3.8) is 0 Å². The van der Waals surface area contributed by atoms with Gasteiger partial charge in [0.15, 0.2) is 14.0 Å². The van der Waals surface area contributed by atoms with Crippen LogP contribution in [0.15, 0.2) is 65.5 Å². The smallest absolute Gasteiger partial charge is 0.360 e. The van der Waals surface area contributed by atoms with Gasteiger partial charge in [0.05, 0.1) is 13.0 Å². The van der Waals surface area contributed by atoms with E-state index < -0.39 is 37.2 Å². The first-order chi connectivity index (χ1) is 16.5. The summed E-state index contributed by atoms with van der Waals surface area (Å²) in [5.74, 6) is -2.08. The quantitative estimate of drug-likeness (QED) is 0.330. The number of methoxy groups -OCH3 is 1. The first-order valence-corrected chi connectivity index (χ1v) is 14.5. The van der Waals surface area contributed by atoms with Crippen LogP contribution in [0.5, 0.6) is 5.75 Å². The van der Waals surface area contributed by atoms with Gasteiger partial charge in [0.2, 0.25) is 5.75 Å². The summed E-state index contributed by atoms with van der Waals surface area (Å²) in [6.45, 7) is 11.1. The lowest BCUT2D eigenvalue weighted by atomic mass is 9.80. The van der Waals surface area contributed by atoms with Crippen LogP contribution in [0.25, 0.3) is 0 Å². The van der Waals surface area contributed by atoms with Gasteiger partial charge < -0.3 is 19.3 Å². The molecule has 8 heteroatoms. The van der Waals surface area contributed by atoms with Gasteiger partial charge in [0.1, 0.15) is 5.82 Å². The van der Waals surface area contributed by atoms with Crippen molar-refractivity contribution >= 4 is 14.3 Å². The molecule has 186 valence electrons. The highest BCUT2D eigenvalue weighted by molar-refractivity contribution is 6.74. The number of nitrogens with one attached hydrogen (secondary N) is 1. The molecule has 35 heavy (non-hydrogen) atoms. The Morgan fingerprint density at radius 3 is 2.00 bits per heavy atom. The SMILES string of the molecule is COC(=O)c1nc(C(CO[Si](C)(C)C(C)(C)C)C(c2ccccc2)c2ccccc2)[nH]c(=O)c1O. The number of rotatable bonds is 8. The number of hydrogen-bond donors (Lipinski definition) is 2. The van der Waals surface area contributed by atoms with Gasteiger partial charge >= 0.3 is 5.97 Å². The molecule has 0 saturated heterocycles. The van der Waals surface area contributed by atoms with Crippen LogP contribution in [0.4, 0.5) is 0 Å². The van der Waals surface area contributed by atoms with Crippen LogP contribution in [0, 0.1) is 0 Å². The molecule has 0 aliphatic carbocycles. The van der Waals surface area contributed by atoms with Gasteiger partial charge in [-0.1, -0.05) is 81.4 Å². The Balaban J connectivity index is 2.22. The molecule has 3 aromatic rings. The number of aromatic nitrogens is 2. The Morgan fingerprint density at radius 1 is 1.03 bits per heavy atom. The molecule has 7 nitrogen and oxygen atoms in total. The fraction of sp³-hybridized carbons (Fsp3) is 0.370. The zero-order chi connectivity index (χ0) is 25.8. The monoisotopic (exact) mass is 494 g/mol. The summed E-state index contributed by atoms with van der Waals surface area (Å²) in [7, 11) is -0.996. The molecule has 0 spiro atoms. The van der Waals surface area contributed by atoms with E-state index in [-0.39, 0.29) is 23.4 Å². The molecule has 0 fully saturated rings. The number of carbonyl (C=O) groups is 1. The van der Waals surface area contributed by atoms with Crippen LogP contribution in [0.2, 0.25) is 18.1 Å². The molecule has 0 saturated carbocycles. The molecule has 0 bridgehead atoms. The fourth-order valence-electron chi connectivity index (χ4n) is 3.72. The van der Waals surface area contributed by atoms with Gasteiger partial charge in [0, 0.05) is 12.5 Å². The summed E-state index contributed by atoms with van der Waals surface area (Å²) < 4.78 is 11.4. The summed E-state index contributed by atoms with van der Waals surface area (Å²) in [5, 5.41) is 10.2. The highest BCUT2D eigenvalue weighted by Crippen LogP contribution is 2.41. The van der Waals surface area contributed by atoms with E-state index in [1.54, 1.807) is 0 Å². The number of carbonyl (C=O) groups excluding carboxylic acids is 1. The number of esters is 1. The largest absolute Gasteiger partial charge is 0.501 e. The van der Waals surface area contributed by atoms with E-state index in [9.17, 15) is 14.7 Å². The molecule has 2 N–H and O–H groups in total. The molecule has 0 amide bonds. The molecule has 0 aliphatic rings. The second kappa shape index (κ2) is 10.6. The highest BCUT2D eigenvalue weighted by Gasteiger charge is 2.39. The molecule has 0 aliphatic heterocycles. The third kappa shape index (κ3) is 5.89. The summed E-state index contributed by atoms with van der Waals surface area (Å²) in [6, 6.07) is 19.8. The van der Waals surface area contributed by atoms with Crippen LogP contribution >= 0.6 is 0 Å². The average Bonchev–Trinajstić information content (AvgIpc) is 2.83. The Kier molecular flexibility index (Phi) is 7.97. The van der Waals surface area contributed by atoms with Gasteiger partial charge in [-0.3, -0.25) is 4.79 Å². The van der Waals surface area contributed by atoms with Gasteiger partial charge in [-0.05, 0) is 29.3 Å². The van der Waals surface area contributed by atoms with Gasteiger partial charge in [-0.15, -0.1) is 0 Å². The van der Waals surface area contributed by atoms with E-state index in [4.69, 9.17) is 9.16 Å². The van der Waals surface area contributed by atoms with Crippen molar-refractivity contribution in [2.24, 2.45) is 0 Å². The average molecular weight is 495 g/mol. The minimum atomic E-state index is -2.18. The molecule has 1 heterocycles. The summed E-state index contributed by atoms with van der Waals surface area (Å²) in [5.41, 5.74) is 0.812. The molecule has 2 aromatic carbocycles. The van der Waals surface area contributed by atoms with E-state index >= 15 is 0 Å². The Morgan fingerprint density at radius 2 is 1.54 bits per heavy atom. The van der Waals surface area contributed by atoms with Crippen molar-refractivity contribution in [3.8, 4) is 5.75 Å². The number of nitrogens with zero attached hydrogens (tertiary/aromatic N) is 1. The number of H-pyrrole nitrogens is 1. The number of benzene rings is 2. The number of ether oxygens (including phenoxy) is 1. The lowest BCUT2D eigenvalue weighted by Crippen LogP contribution is -2.42. The molecule has 1 unspecified atom stereocenters. The van der Waals surface area contributed by atoms with Crippen molar-refractivity contribution < 1.29 is 19.1 Å². The van der Waals surface area contributed by atoms with Crippen molar-refractivity contribution in [1.82, 2.24) is 9.97 Å². The van der Waals surface area contributed by atoms with Crippen LogP contribution in [-0.4, -0.2) is 43.1 Å². The number of hydrogen-bond acceptors (Lipinski definition) is 6. The van der Waals surface area contributed by atoms with E-state index in [0.29, 0.717) is 0 Å². The fourth-order valence-corrected chi connectivity index (χ4v) is 4.75. The summed E-state index contributed by atoms with van der Waals surface area (Å²) in [4.78, 5) is 32.0. The van der Waals surface area contributed by atoms with Crippen molar-refractivity contribution in [2.45, 2.75) is 50.7 Å². The van der Waals surface area contributed by atoms with Crippen LogP contribution in [-0.2, 0) is 9.16 Å². The molecular formula is C27H34N2O5Si. The first kappa shape index (κ1) is 26.4. The van der Waals surface area contributed by atoms with Gasteiger partial charge in [-0.25, -0.2) is 9.78 Å². The molecule has 1 atom stereocenters. The van der Waals surface area contributed by atoms with Gasteiger partial charge in [0.25, 0.3) is 5.56 Å². The zero-order valence-corrected chi connectivity index (χ0v) is 22.2. The second-order valence-corrected chi connectivity index (χ2v) is 14.9. The predicted molar refractivity (Wildman–Crippen MR) is 138 cm³/mol. The molecular weight excluding hydrogens is 460 g/mol. The maximum atomic E-state index is 12.7. The molecule has 0 radical (unpaired) electrons. The Labute approximate surface area is 207 Å². The normalized spacial score (nSPS) is 13.0. The maximum Gasteiger partial charge on any atom is 0.360 e. The standard InChI is InChI=1S/C27H34N2O5Si/c1-27(2,3)35(5,6)34-17-20(24-28-22(26(32)33-4)23(30)25(31)29-24)21(18-13-9-7-10-14-18)19-15-11-8-12-16-19/h7-16,20-21,30H,17H2,1-6H3,(H,28,29,31). The Bertz CT molecular complexity index is 1160. The highest BCUT2D eigenvalue weighted by atomic mass is 28.4. The van der Waals surface area contributed by atoms with E-state index in [0.717, 1.165) is 11.1 Å². The van der Waals surface area contributed by atoms with E-state index in [2.05, 4.69) is 43.8 Å². The summed E-state index contributed by atoms with van der Waals surface area (Å²) in [6.07, 6.45) is 0. The number of aromatic hydroxyl groups is 1. The second-order valence-electron chi connectivity index (χ2n) is 10.1. The molecule has 1 aromatic heterocycles. The van der Waals surface area contributed by atoms with Crippen LogP contribution in [0.3, 0.4) is 0 Å². The first-order valence-electron chi connectivity index (χ1n) is 11.6. The third-order valence-corrected chi connectivity index (χ3v) is 11.3. The minimum Gasteiger partial charge on any atom is -0.501 e.